The van der Waals surface area contributed by atoms with Crippen molar-refractivity contribution >= 4 is 10.2 Å². The van der Waals surface area contributed by atoms with Crippen molar-refractivity contribution in [2.24, 2.45) is 5.73 Å². The Hall–Kier alpha value is -0.950. The number of nitrogens with two attached hydrogens (primary N) is 1. The monoisotopic (exact) mass is 271 g/mol. The van der Waals surface area contributed by atoms with Gasteiger partial charge in [-0.1, -0.05) is 37.3 Å². The van der Waals surface area contributed by atoms with Crippen molar-refractivity contribution in [2.75, 3.05) is 19.6 Å². The zero-order chi connectivity index (χ0) is 13.4. The lowest BCUT2D eigenvalue weighted by Gasteiger charge is -2.20. The first kappa shape index (κ1) is 15.1. The van der Waals surface area contributed by atoms with E-state index < -0.39 is 10.2 Å². The van der Waals surface area contributed by atoms with Crippen LogP contribution in [0.2, 0.25) is 0 Å². The number of hydrogen-bond acceptors (Lipinski definition) is 3. The van der Waals surface area contributed by atoms with Crippen LogP contribution in [-0.2, 0) is 16.8 Å². The molecule has 18 heavy (non-hydrogen) atoms. The van der Waals surface area contributed by atoms with Gasteiger partial charge in [-0.25, -0.2) is 4.72 Å². The second-order valence-electron chi connectivity index (χ2n) is 3.95. The molecule has 1 rings (SSSR count). The molecule has 0 bridgehead atoms. The minimum absolute atomic E-state index is 0.379. The van der Waals surface area contributed by atoms with E-state index in [2.05, 4.69) is 4.72 Å². The molecule has 0 atom stereocenters. The minimum Gasteiger partial charge on any atom is -0.330 e. The molecule has 1 aromatic rings. The van der Waals surface area contributed by atoms with Crippen molar-refractivity contribution in [1.82, 2.24) is 9.03 Å². The van der Waals surface area contributed by atoms with Crippen molar-refractivity contribution in [2.45, 2.75) is 19.9 Å². The van der Waals surface area contributed by atoms with E-state index in [-0.39, 0.29) is 0 Å². The van der Waals surface area contributed by atoms with Gasteiger partial charge in [-0.2, -0.15) is 12.7 Å². The average Bonchev–Trinajstić information content (AvgIpc) is 2.37. The van der Waals surface area contributed by atoms with Gasteiger partial charge in [0, 0.05) is 19.6 Å². The maximum absolute atomic E-state index is 12.0. The topological polar surface area (TPSA) is 75.4 Å². The molecule has 3 N–H and O–H groups in total. The summed E-state index contributed by atoms with van der Waals surface area (Å²) >= 11 is 0. The van der Waals surface area contributed by atoms with Crippen LogP contribution >= 0.6 is 0 Å². The summed E-state index contributed by atoms with van der Waals surface area (Å²) in [6.07, 6.45) is 0.641. The van der Waals surface area contributed by atoms with Crippen LogP contribution in [0.5, 0.6) is 0 Å². The quantitative estimate of drug-likeness (QED) is 0.683. The second kappa shape index (κ2) is 7.48. The van der Waals surface area contributed by atoms with Crippen molar-refractivity contribution in [1.29, 1.82) is 0 Å². The first-order chi connectivity index (χ1) is 8.60. The lowest BCUT2D eigenvalue weighted by atomic mass is 10.2. The number of benzene rings is 1. The van der Waals surface area contributed by atoms with Crippen molar-refractivity contribution in [3.05, 3.63) is 35.9 Å². The molecular formula is C12H21N3O2S. The standard InChI is InChI=1S/C12H21N3O2S/c1-2-15(11-12-7-4-3-5-8-12)18(16,17)14-10-6-9-13/h3-5,7-8,14H,2,6,9-11,13H2,1H3. The lowest BCUT2D eigenvalue weighted by Crippen LogP contribution is -2.40. The highest BCUT2D eigenvalue weighted by Crippen LogP contribution is 2.07. The molecule has 1 aromatic carbocycles. The summed E-state index contributed by atoms with van der Waals surface area (Å²) in [6, 6.07) is 9.54. The van der Waals surface area contributed by atoms with Crippen LogP contribution < -0.4 is 10.5 Å². The van der Waals surface area contributed by atoms with E-state index in [1.165, 1.54) is 4.31 Å². The van der Waals surface area contributed by atoms with Crippen LogP contribution in [0.3, 0.4) is 0 Å². The molecule has 6 heteroatoms. The molecule has 0 unspecified atom stereocenters. The van der Waals surface area contributed by atoms with E-state index in [0.717, 1.165) is 5.56 Å². The van der Waals surface area contributed by atoms with Gasteiger partial charge in [0.15, 0.2) is 0 Å². The highest BCUT2D eigenvalue weighted by Gasteiger charge is 2.19. The molecule has 0 aromatic heterocycles. The van der Waals surface area contributed by atoms with Gasteiger partial charge in [-0.15, -0.1) is 0 Å². The van der Waals surface area contributed by atoms with Crippen LogP contribution in [0.4, 0.5) is 0 Å². The highest BCUT2D eigenvalue weighted by molar-refractivity contribution is 7.87. The van der Waals surface area contributed by atoms with Crippen LogP contribution in [0.1, 0.15) is 18.9 Å². The first-order valence-electron chi connectivity index (χ1n) is 6.09. The molecular weight excluding hydrogens is 250 g/mol. The molecule has 0 spiro atoms. The van der Waals surface area contributed by atoms with Crippen LogP contribution in [0.15, 0.2) is 30.3 Å². The van der Waals surface area contributed by atoms with Gasteiger partial charge in [-0.05, 0) is 18.5 Å². The van der Waals surface area contributed by atoms with E-state index >= 15 is 0 Å². The number of hydrogen-bond donors (Lipinski definition) is 2. The summed E-state index contributed by atoms with van der Waals surface area (Å²) in [5.41, 5.74) is 6.32. The molecule has 102 valence electrons. The fourth-order valence-electron chi connectivity index (χ4n) is 1.55. The Bertz CT molecular complexity index is 434. The van der Waals surface area contributed by atoms with Gasteiger partial charge < -0.3 is 5.73 Å². The predicted molar refractivity (Wildman–Crippen MR) is 73.1 cm³/mol. The van der Waals surface area contributed by atoms with Crippen LogP contribution in [-0.4, -0.2) is 32.4 Å². The highest BCUT2D eigenvalue weighted by atomic mass is 32.2. The summed E-state index contributed by atoms with van der Waals surface area (Å²) in [7, 11) is -3.42. The third-order valence-corrected chi connectivity index (χ3v) is 4.20. The zero-order valence-corrected chi connectivity index (χ0v) is 11.5. The van der Waals surface area contributed by atoms with Gasteiger partial charge in [0.1, 0.15) is 0 Å². The normalized spacial score (nSPS) is 11.9. The Balaban J connectivity index is 2.65. The van der Waals surface area contributed by atoms with E-state index in [1.807, 2.05) is 37.3 Å². The fourth-order valence-corrected chi connectivity index (χ4v) is 2.79. The summed E-state index contributed by atoms with van der Waals surface area (Å²) < 4.78 is 28.0. The second-order valence-corrected chi connectivity index (χ2v) is 5.71. The number of rotatable bonds is 8. The Morgan fingerprint density at radius 2 is 1.94 bits per heavy atom. The molecule has 0 aliphatic rings. The Morgan fingerprint density at radius 3 is 2.50 bits per heavy atom. The van der Waals surface area contributed by atoms with Gasteiger partial charge in [0.25, 0.3) is 10.2 Å². The van der Waals surface area contributed by atoms with E-state index in [9.17, 15) is 8.42 Å². The summed E-state index contributed by atoms with van der Waals surface area (Å²) in [6.45, 7) is 3.50. The van der Waals surface area contributed by atoms with E-state index in [4.69, 9.17) is 5.73 Å². The summed E-state index contributed by atoms with van der Waals surface area (Å²) in [5.74, 6) is 0. The molecule has 0 saturated carbocycles. The van der Waals surface area contributed by atoms with E-state index in [1.54, 1.807) is 0 Å². The molecule has 0 saturated heterocycles. The predicted octanol–water partition coefficient (Wildman–Crippen LogP) is 0.692. The molecule has 0 amide bonds. The van der Waals surface area contributed by atoms with Crippen molar-refractivity contribution < 1.29 is 8.42 Å². The third-order valence-electron chi connectivity index (χ3n) is 2.56. The molecule has 0 heterocycles. The molecule has 0 aliphatic heterocycles. The largest absolute Gasteiger partial charge is 0.330 e. The molecule has 0 aliphatic carbocycles. The smallest absolute Gasteiger partial charge is 0.279 e. The van der Waals surface area contributed by atoms with Gasteiger partial charge >= 0.3 is 0 Å². The number of nitrogens with zero attached hydrogens (tertiary/aromatic N) is 1. The van der Waals surface area contributed by atoms with Crippen molar-refractivity contribution in [3.63, 3.8) is 0 Å². The SMILES string of the molecule is CCN(Cc1ccccc1)S(=O)(=O)NCCCN. The summed E-state index contributed by atoms with van der Waals surface area (Å²) in [4.78, 5) is 0. The molecule has 0 fully saturated rings. The van der Waals surface area contributed by atoms with Crippen LogP contribution in [0.25, 0.3) is 0 Å². The third kappa shape index (κ3) is 4.73. The lowest BCUT2D eigenvalue weighted by molar-refractivity contribution is 0.414. The fraction of sp³-hybridized carbons (Fsp3) is 0.500. The maximum Gasteiger partial charge on any atom is 0.279 e. The van der Waals surface area contributed by atoms with Gasteiger partial charge in [0.05, 0.1) is 0 Å². The Labute approximate surface area is 109 Å². The van der Waals surface area contributed by atoms with Crippen LogP contribution in [0, 0.1) is 0 Å². The van der Waals surface area contributed by atoms with Crippen molar-refractivity contribution in [3.8, 4) is 0 Å². The van der Waals surface area contributed by atoms with Gasteiger partial charge in [0.2, 0.25) is 0 Å². The number of nitrogens with one attached hydrogen (secondary N) is 1. The molecule has 5 nitrogen and oxygen atoms in total. The maximum atomic E-state index is 12.0. The summed E-state index contributed by atoms with van der Waals surface area (Å²) in [5, 5.41) is 0. The van der Waals surface area contributed by atoms with Gasteiger partial charge in [-0.3, -0.25) is 0 Å². The average molecular weight is 271 g/mol. The van der Waals surface area contributed by atoms with E-state index in [0.29, 0.717) is 32.6 Å². The zero-order valence-electron chi connectivity index (χ0n) is 10.7. The Morgan fingerprint density at radius 1 is 1.28 bits per heavy atom. The minimum atomic E-state index is -3.42. The molecule has 0 radical (unpaired) electrons. The first-order valence-corrected chi connectivity index (χ1v) is 7.53. The Kier molecular flexibility index (Phi) is 6.28.